The predicted molar refractivity (Wildman–Crippen MR) is 47.8 cm³/mol. The van der Waals surface area contributed by atoms with Gasteiger partial charge in [0.1, 0.15) is 0 Å². The number of ether oxygens (including phenoxy) is 1. The summed E-state index contributed by atoms with van der Waals surface area (Å²) in [5.74, 6) is 2.63. The lowest BCUT2D eigenvalue weighted by atomic mass is 10.1. The minimum absolute atomic E-state index is 0.854. The lowest BCUT2D eigenvalue weighted by Crippen LogP contribution is -1.89. The topological polar surface area (TPSA) is 9.23 Å². The average molecular weight is 153 g/mol. The Hall–Kier alpha value is -0.480. The molecule has 1 nitrogen and oxygen atoms in total. The summed E-state index contributed by atoms with van der Waals surface area (Å²) in [4.78, 5) is 0. The predicted octanol–water partition coefficient (Wildman–Crippen LogP) is 2.77. The molecule has 0 saturated heterocycles. The van der Waals surface area contributed by atoms with Crippen molar-refractivity contribution in [1.82, 2.24) is 0 Å². The van der Waals surface area contributed by atoms with Gasteiger partial charge in [-0.15, -0.1) is 12.3 Å². The molecular formula is C10H17O. The maximum atomic E-state index is 5.11. The summed E-state index contributed by atoms with van der Waals surface area (Å²) >= 11 is 0. The quantitative estimate of drug-likeness (QED) is 0.403. The van der Waals surface area contributed by atoms with Gasteiger partial charge in [-0.05, 0) is 19.8 Å². The molecule has 0 unspecified atom stereocenters. The van der Waals surface area contributed by atoms with Crippen molar-refractivity contribution in [1.29, 1.82) is 0 Å². The zero-order valence-corrected chi connectivity index (χ0v) is 7.31. The number of rotatable bonds is 7. The molecule has 1 radical (unpaired) electrons. The summed E-state index contributed by atoms with van der Waals surface area (Å²) in [6, 6.07) is 0. The Morgan fingerprint density at radius 2 is 2.00 bits per heavy atom. The Kier molecular flexibility index (Phi) is 9.10. The van der Waals surface area contributed by atoms with Crippen molar-refractivity contribution >= 4 is 0 Å². The van der Waals surface area contributed by atoms with Crippen LogP contribution in [0.4, 0.5) is 0 Å². The molecule has 0 heterocycles. The lowest BCUT2D eigenvalue weighted by Gasteiger charge is -1.99. The Balaban J connectivity index is 2.75. The van der Waals surface area contributed by atoms with Crippen molar-refractivity contribution in [3.8, 4) is 12.3 Å². The first kappa shape index (κ1) is 10.5. The van der Waals surface area contributed by atoms with Crippen LogP contribution in [0.25, 0.3) is 0 Å². The van der Waals surface area contributed by atoms with E-state index in [0.717, 1.165) is 25.9 Å². The maximum absolute atomic E-state index is 5.11. The number of unbranched alkanes of at least 4 members (excludes halogenated alkanes) is 4. The summed E-state index contributed by atoms with van der Waals surface area (Å²) < 4.78 is 5.07. The van der Waals surface area contributed by atoms with Crippen LogP contribution >= 0.6 is 0 Å². The molecule has 1 heteroatoms. The van der Waals surface area contributed by atoms with Crippen molar-refractivity contribution in [2.24, 2.45) is 0 Å². The second kappa shape index (κ2) is 9.52. The first-order chi connectivity index (χ1) is 5.41. The lowest BCUT2D eigenvalue weighted by molar-refractivity contribution is 0.197. The van der Waals surface area contributed by atoms with Gasteiger partial charge in [0.05, 0.1) is 6.61 Å². The summed E-state index contributed by atoms with van der Waals surface area (Å²) in [6.45, 7) is 4.49. The van der Waals surface area contributed by atoms with Crippen molar-refractivity contribution in [3.63, 3.8) is 0 Å². The highest BCUT2D eigenvalue weighted by atomic mass is 16.5. The number of terminal acetylenes is 1. The first-order valence-electron chi connectivity index (χ1n) is 4.24. The second-order valence-electron chi connectivity index (χ2n) is 2.47. The molecular weight excluding hydrogens is 136 g/mol. The van der Waals surface area contributed by atoms with E-state index in [2.05, 4.69) is 5.92 Å². The molecule has 0 aliphatic carbocycles. The zero-order valence-electron chi connectivity index (χ0n) is 7.31. The van der Waals surface area contributed by atoms with Crippen LogP contribution in [0.2, 0.25) is 0 Å². The molecule has 0 fully saturated rings. The van der Waals surface area contributed by atoms with Gasteiger partial charge in [0.25, 0.3) is 0 Å². The molecule has 0 amide bonds. The van der Waals surface area contributed by atoms with E-state index in [-0.39, 0.29) is 0 Å². The maximum Gasteiger partial charge on any atom is 0.0805 e. The van der Waals surface area contributed by atoms with Crippen LogP contribution < -0.4 is 0 Å². The molecule has 0 aromatic carbocycles. The summed E-state index contributed by atoms with van der Waals surface area (Å²) in [7, 11) is 0. The van der Waals surface area contributed by atoms with Gasteiger partial charge < -0.3 is 4.74 Å². The van der Waals surface area contributed by atoms with Crippen LogP contribution in [0.3, 0.4) is 0 Å². The third-order valence-corrected chi connectivity index (χ3v) is 1.50. The smallest absolute Gasteiger partial charge is 0.0805 e. The molecule has 0 aromatic rings. The monoisotopic (exact) mass is 153 g/mol. The largest absolute Gasteiger partial charge is 0.376 e. The molecule has 0 saturated carbocycles. The fourth-order valence-electron chi connectivity index (χ4n) is 0.884. The molecule has 0 aliphatic rings. The van der Waals surface area contributed by atoms with Crippen molar-refractivity contribution in [2.45, 2.75) is 39.0 Å². The molecule has 0 aromatic heterocycles. The summed E-state index contributed by atoms with van der Waals surface area (Å²) in [6.07, 6.45) is 10.8. The Morgan fingerprint density at radius 3 is 2.64 bits per heavy atom. The van der Waals surface area contributed by atoms with Gasteiger partial charge >= 0.3 is 0 Å². The van der Waals surface area contributed by atoms with Gasteiger partial charge in [-0.2, -0.15) is 0 Å². The molecule has 0 rings (SSSR count). The summed E-state index contributed by atoms with van der Waals surface area (Å²) in [5.41, 5.74) is 0. The van der Waals surface area contributed by atoms with E-state index in [1.807, 2.05) is 6.92 Å². The molecule has 0 N–H and O–H groups in total. The fraction of sp³-hybridized carbons (Fsp3) is 0.700. The van der Waals surface area contributed by atoms with Gasteiger partial charge in [-0.25, -0.2) is 0 Å². The Morgan fingerprint density at radius 1 is 1.27 bits per heavy atom. The highest BCUT2D eigenvalue weighted by Gasteiger charge is 1.88. The molecule has 11 heavy (non-hydrogen) atoms. The molecule has 0 bridgehead atoms. The van der Waals surface area contributed by atoms with Gasteiger partial charge in [-0.3, -0.25) is 0 Å². The fourth-order valence-corrected chi connectivity index (χ4v) is 0.884. The first-order valence-corrected chi connectivity index (χ1v) is 4.24. The van der Waals surface area contributed by atoms with Crippen LogP contribution in [0.15, 0.2) is 0 Å². The van der Waals surface area contributed by atoms with Crippen molar-refractivity contribution in [2.75, 3.05) is 6.61 Å². The normalized spacial score (nSPS) is 9.45. The van der Waals surface area contributed by atoms with Crippen molar-refractivity contribution < 1.29 is 4.74 Å². The standard InChI is InChI=1S/C10H17O/c1-3-5-6-7-8-9-10-11-4-2/h1,4H,5-10H2,2H3. The van der Waals surface area contributed by atoms with Gasteiger partial charge in [-0.1, -0.05) is 12.8 Å². The third kappa shape index (κ3) is 9.52. The van der Waals surface area contributed by atoms with Gasteiger partial charge in [0, 0.05) is 13.0 Å². The van der Waals surface area contributed by atoms with E-state index in [0.29, 0.717) is 0 Å². The molecule has 0 spiro atoms. The van der Waals surface area contributed by atoms with Crippen LogP contribution in [0.1, 0.15) is 39.0 Å². The minimum atomic E-state index is 0.854. The number of hydrogen-bond acceptors (Lipinski definition) is 1. The highest BCUT2D eigenvalue weighted by Crippen LogP contribution is 2.02. The van der Waals surface area contributed by atoms with Crippen LogP contribution in [0, 0.1) is 19.0 Å². The SMILES string of the molecule is C#CCCCCCCO[CH]C. The zero-order chi connectivity index (χ0) is 8.36. The average Bonchev–Trinajstić information content (AvgIpc) is 2.03. The second-order valence-corrected chi connectivity index (χ2v) is 2.47. The van der Waals surface area contributed by atoms with E-state index in [4.69, 9.17) is 11.2 Å². The molecule has 63 valence electrons. The highest BCUT2D eigenvalue weighted by molar-refractivity contribution is 4.82. The van der Waals surface area contributed by atoms with Crippen LogP contribution in [0.5, 0.6) is 0 Å². The third-order valence-electron chi connectivity index (χ3n) is 1.50. The van der Waals surface area contributed by atoms with Crippen LogP contribution in [-0.4, -0.2) is 6.61 Å². The Bertz CT molecular complexity index is 102. The van der Waals surface area contributed by atoms with Crippen molar-refractivity contribution in [3.05, 3.63) is 6.61 Å². The minimum Gasteiger partial charge on any atom is -0.376 e. The molecule has 0 atom stereocenters. The van der Waals surface area contributed by atoms with Gasteiger partial charge in [0.15, 0.2) is 0 Å². The van der Waals surface area contributed by atoms with E-state index < -0.39 is 0 Å². The van der Waals surface area contributed by atoms with E-state index >= 15 is 0 Å². The van der Waals surface area contributed by atoms with E-state index in [1.54, 1.807) is 6.61 Å². The van der Waals surface area contributed by atoms with Crippen LogP contribution in [-0.2, 0) is 4.74 Å². The molecule has 0 aliphatic heterocycles. The number of hydrogen-bond donors (Lipinski definition) is 0. The van der Waals surface area contributed by atoms with Gasteiger partial charge in [0.2, 0.25) is 0 Å². The van der Waals surface area contributed by atoms with E-state index in [1.165, 1.54) is 12.8 Å². The Labute approximate surface area is 70.1 Å². The van der Waals surface area contributed by atoms with E-state index in [9.17, 15) is 0 Å². The summed E-state index contributed by atoms with van der Waals surface area (Å²) in [5, 5.41) is 0.